The third-order valence-electron chi connectivity index (χ3n) is 4.00. The number of likely N-dealkylation sites (tertiary alicyclic amines) is 1. The molecule has 0 spiro atoms. The number of amides is 1. The number of nitrogens with zero attached hydrogens (tertiary/aromatic N) is 1. The van der Waals surface area contributed by atoms with Gasteiger partial charge in [-0.3, -0.25) is 14.5 Å². The maximum atomic E-state index is 12.0. The minimum atomic E-state index is -0.858. The lowest BCUT2D eigenvalue weighted by atomic mass is 10.0. The summed E-state index contributed by atoms with van der Waals surface area (Å²) in [7, 11) is 0. The van der Waals surface area contributed by atoms with Crippen molar-refractivity contribution >= 4 is 23.2 Å². The van der Waals surface area contributed by atoms with Gasteiger partial charge in [0.1, 0.15) is 0 Å². The van der Waals surface area contributed by atoms with Crippen LogP contribution in [0, 0.1) is 6.92 Å². The van der Waals surface area contributed by atoms with E-state index in [0.717, 1.165) is 13.0 Å². The maximum Gasteiger partial charge on any atom is 0.317 e. The molecule has 2 heterocycles. The number of carboxylic acids is 1. The average Bonchev–Trinajstić information content (AvgIpc) is 3.01. The van der Waals surface area contributed by atoms with Gasteiger partial charge in [0.15, 0.2) is 0 Å². The van der Waals surface area contributed by atoms with Gasteiger partial charge in [-0.1, -0.05) is 0 Å². The largest absolute Gasteiger partial charge is 0.480 e. The Kier molecular flexibility index (Phi) is 5.55. The number of carboxylic acid groups (broad SMARTS) is 1. The quantitative estimate of drug-likeness (QED) is 0.691. The van der Waals surface area contributed by atoms with Crippen LogP contribution in [-0.2, 0) is 16.1 Å². The monoisotopic (exact) mass is 325 g/mol. The van der Waals surface area contributed by atoms with Gasteiger partial charge in [0, 0.05) is 23.5 Å². The highest BCUT2D eigenvalue weighted by atomic mass is 32.1. The Morgan fingerprint density at radius 2 is 2.27 bits per heavy atom. The molecular weight excluding hydrogens is 302 g/mol. The van der Waals surface area contributed by atoms with Gasteiger partial charge in [-0.25, -0.2) is 0 Å². The van der Waals surface area contributed by atoms with Gasteiger partial charge >= 0.3 is 5.97 Å². The first-order valence-corrected chi connectivity index (χ1v) is 8.25. The van der Waals surface area contributed by atoms with Gasteiger partial charge in [0.05, 0.1) is 19.6 Å². The molecule has 0 radical (unpaired) electrons. The average molecular weight is 325 g/mol. The maximum absolute atomic E-state index is 12.0. The summed E-state index contributed by atoms with van der Waals surface area (Å²) < 4.78 is 0. The Labute approximate surface area is 134 Å². The van der Waals surface area contributed by atoms with E-state index in [0.29, 0.717) is 19.6 Å². The second-order valence-corrected chi connectivity index (χ2v) is 7.07. The Bertz CT molecular complexity index is 546. The van der Waals surface area contributed by atoms with Crippen molar-refractivity contribution in [1.82, 2.24) is 15.5 Å². The minimum Gasteiger partial charge on any atom is -0.480 e. The molecule has 2 rings (SSSR count). The van der Waals surface area contributed by atoms with Crippen LogP contribution in [0.25, 0.3) is 0 Å². The number of carbonyl (C=O) groups excluding carboxylic acids is 1. The number of nitrogens with one attached hydrogen (secondary N) is 2. The summed E-state index contributed by atoms with van der Waals surface area (Å²) in [6.45, 7) is 6.41. The van der Waals surface area contributed by atoms with Crippen LogP contribution in [-0.4, -0.2) is 53.6 Å². The summed E-state index contributed by atoms with van der Waals surface area (Å²) in [6, 6.07) is 2.05. The first kappa shape index (κ1) is 16.9. The van der Waals surface area contributed by atoms with E-state index >= 15 is 0 Å². The van der Waals surface area contributed by atoms with E-state index in [1.54, 1.807) is 11.3 Å². The topological polar surface area (TPSA) is 81.7 Å². The van der Waals surface area contributed by atoms with E-state index in [1.165, 1.54) is 10.4 Å². The van der Waals surface area contributed by atoms with E-state index in [-0.39, 0.29) is 18.0 Å². The zero-order chi connectivity index (χ0) is 16.2. The molecule has 1 aliphatic heterocycles. The van der Waals surface area contributed by atoms with E-state index in [4.69, 9.17) is 5.11 Å². The lowest BCUT2D eigenvalue weighted by Crippen LogP contribution is -2.47. The van der Waals surface area contributed by atoms with Crippen molar-refractivity contribution in [2.45, 2.75) is 32.4 Å². The van der Waals surface area contributed by atoms with Gasteiger partial charge in [-0.15, -0.1) is 11.3 Å². The van der Waals surface area contributed by atoms with Crippen molar-refractivity contribution < 1.29 is 14.7 Å². The van der Waals surface area contributed by atoms with E-state index in [9.17, 15) is 9.59 Å². The molecule has 1 fully saturated rings. The number of rotatable bonds is 7. The van der Waals surface area contributed by atoms with Crippen LogP contribution in [0.15, 0.2) is 11.4 Å². The summed E-state index contributed by atoms with van der Waals surface area (Å²) >= 11 is 1.65. The van der Waals surface area contributed by atoms with E-state index in [1.807, 2.05) is 25.3 Å². The molecule has 1 atom stereocenters. The molecule has 22 heavy (non-hydrogen) atoms. The summed E-state index contributed by atoms with van der Waals surface area (Å²) in [5.74, 6) is -0.848. The minimum absolute atomic E-state index is 0.00952. The summed E-state index contributed by atoms with van der Waals surface area (Å²) in [5.41, 5.74) is 0.972. The van der Waals surface area contributed by atoms with Gasteiger partial charge < -0.3 is 15.7 Å². The Balaban J connectivity index is 1.74. The molecule has 1 aliphatic rings. The molecule has 1 aromatic heterocycles. The van der Waals surface area contributed by atoms with Crippen molar-refractivity contribution in [2.24, 2.45) is 0 Å². The highest BCUT2D eigenvalue weighted by Crippen LogP contribution is 2.20. The third-order valence-corrected chi connectivity index (χ3v) is 5.02. The predicted octanol–water partition coefficient (Wildman–Crippen LogP) is 0.811. The first-order valence-electron chi connectivity index (χ1n) is 7.37. The number of aryl methyl sites for hydroxylation is 1. The second-order valence-electron chi connectivity index (χ2n) is 6.07. The number of hydrogen-bond donors (Lipinski definition) is 3. The Morgan fingerprint density at radius 1 is 1.50 bits per heavy atom. The third kappa shape index (κ3) is 4.79. The van der Waals surface area contributed by atoms with Gasteiger partial charge in [-0.05, 0) is 37.3 Å². The first-order chi connectivity index (χ1) is 10.4. The molecule has 3 N–H and O–H groups in total. The molecular formula is C15H23N3O3S. The molecule has 7 heteroatoms. The Morgan fingerprint density at radius 3 is 2.91 bits per heavy atom. The van der Waals surface area contributed by atoms with Crippen molar-refractivity contribution in [3.8, 4) is 0 Å². The molecule has 1 unspecified atom stereocenters. The smallest absolute Gasteiger partial charge is 0.317 e. The summed E-state index contributed by atoms with van der Waals surface area (Å²) in [6.07, 6.45) is 0.845. The van der Waals surface area contributed by atoms with Crippen molar-refractivity contribution in [3.63, 3.8) is 0 Å². The number of carbonyl (C=O) groups is 2. The van der Waals surface area contributed by atoms with Crippen molar-refractivity contribution in [1.29, 1.82) is 0 Å². The summed E-state index contributed by atoms with van der Waals surface area (Å²) in [4.78, 5) is 25.9. The van der Waals surface area contributed by atoms with Crippen molar-refractivity contribution in [3.05, 3.63) is 21.9 Å². The molecule has 0 aliphatic carbocycles. The van der Waals surface area contributed by atoms with Crippen LogP contribution < -0.4 is 10.6 Å². The van der Waals surface area contributed by atoms with Crippen LogP contribution >= 0.6 is 11.3 Å². The fourth-order valence-electron chi connectivity index (χ4n) is 2.65. The number of aliphatic carboxylic acids is 1. The molecule has 0 bridgehead atoms. The van der Waals surface area contributed by atoms with Crippen LogP contribution in [0.1, 0.15) is 23.8 Å². The zero-order valence-corrected chi connectivity index (χ0v) is 13.8. The highest BCUT2D eigenvalue weighted by Gasteiger charge is 2.34. The highest BCUT2D eigenvalue weighted by molar-refractivity contribution is 7.10. The molecule has 1 amide bonds. The van der Waals surface area contributed by atoms with E-state index < -0.39 is 5.97 Å². The normalized spacial score (nSPS) is 21.9. The number of hydrogen-bond acceptors (Lipinski definition) is 5. The van der Waals surface area contributed by atoms with Gasteiger partial charge in [0.2, 0.25) is 5.91 Å². The van der Waals surface area contributed by atoms with E-state index in [2.05, 4.69) is 15.5 Å². The lowest BCUT2D eigenvalue weighted by Gasteiger charge is -2.25. The predicted molar refractivity (Wildman–Crippen MR) is 86.0 cm³/mol. The molecule has 0 saturated carbocycles. The fourth-order valence-corrected chi connectivity index (χ4v) is 3.49. The van der Waals surface area contributed by atoms with Gasteiger partial charge in [-0.2, -0.15) is 0 Å². The SMILES string of the molecule is Cc1ccsc1CNC(=O)CN1CCC(C)(NCC(=O)O)C1. The number of thiophene rings is 1. The van der Waals surface area contributed by atoms with Crippen LogP contribution in [0.3, 0.4) is 0 Å². The standard InChI is InChI=1S/C15H23N3O3S/c1-11-3-6-22-12(11)7-16-13(19)9-18-5-4-15(2,10-18)17-8-14(20)21/h3,6,17H,4-5,7-10H2,1-2H3,(H,16,19)(H,20,21). The fraction of sp³-hybridized carbons (Fsp3) is 0.600. The molecule has 0 aromatic carbocycles. The molecule has 6 nitrogen and oxygen atoms in total. The Hall–Kier alpha value is -1.44. The summed E-state index contributed by atoms with van der Waals surface area (Å²) in [5, 5.41) is 16.8. The van der Waals surface area contributed by atoms with Crippen LogP contribution in [0.2, 0.25) is 0 Å². The zero-order valence-electron chi connectivity index (χ0n) is 13.0. The van der Waals surface area contributed by atoms with Crippen LogP contribution in [0.4, 0.5) is 0 Å². The van der Waals surface area contributed by atoms with Crippen molar-refractivity contribution in [2.75, 3.05) is 26.2 Å². The lowest BCUT2D eigenvalue weighted by molar-refractivity contribution is -0.136. The molecule has 1 aromatic rings. The second kappa shape index (κ2) is 7.21. The van der Waals surface area contributed by atoms with Crippen LogP contribution in [0.5, 0.6) is 0 Å². The molecule has 1 saturated heterocycles. The van der Waals surface area contributed by atoms with Gasteiger partial charge in [0.25, 0.3) is 0 Å². The molecule has 122 valence electrons.